The predicted molar refractivity (Wildman–Crippen MR) is 87.5 cm³/mol. The van der Waals surface area contributed by atoms with Crippen molar-refractivity contribution in [2.24, 2.45) is 5.92 Å². The van der Waals surface area contributed by atoms with Crippen molar-refractivity contribution in [3.8, 4) is 0 Å². The van der Waals surface area contributed by atoms with Crippen molar-refractivity contribution in [2.75, 3.05) is 37.6 Å². The number of nitrogens with zero attached hydrogens (tertiary/aromatic N) is 3. The number of rotatable bonds is 4. The summed E-state index contributed by atoms with van der Waals surface area (Å²) < 4.78 is 0. The maximum Gasteiger partial charge on any atom is 0.186 e. The minimum Gasteiger partial charge on any atom is -0.348 e. The van der Waals surface area contributed by atoms with E-state index in [-0.39, 0.29) is 5.78 Å². The highest BCUT2D eigenvalue weighted by Gasteiger charge is 2.25. The van der Waals surface area contributed by atoms with Gasteiger partial charge in [0.15, 0.2) is 10.9 Å². The molecular weight excluding hydrogens is 282 g/mol. The number of carbonyl (C=O) groups is 1. The van der Waals surface area contributed by atoms with E-state index < -0.39 is 0 Å². The molecule has 0 aliphatic carbocycles. The number of aryl methyl sites for hydroxylation is 1. The van der Waals surface area contributed by atoms with Crippen LogP contribution in [-0.4, -0.2) is 48.4 Å². The van der Waals surface area contributed by atoms with Crippen LogP contribution in [-0.2, 0) is 0 Å². The lowest BCUT2D eigenvalue weighted by Crippen LogP contribution is -2.38. The number of likely N-dealkylation sites (tertiary alicyclic amines) is 1. The molecule has 0 unspecified atom stereocenters. The first-order valence-electron chi connectivity index (χ1n) is 8.09. The second-order valence-electron chi connectivity index (χ2n) is 6.41. The van der Waals surface area contributed by atoms with Gasteiger partial charge < -0.3 is 9.80 Å². The number of carbonyl (C=O) groups excluding carboxylic acids is 1. The quantitative estimate of drug-likeness (QED) is 0.801. The first kappa shape index (κ1) is 15.0. The second-order valence-corrected chi connectivity index (χ2v) is 7.38. The molecule has 1 aromatic heterocycles. The van der Waals surface area contributed by atoms with Crippen molar-refractivity contribution in [1.82, 2.24) is 9.88 Å². The van der Waals surface area contributed by atoms with Crippen molar-refractivity contribution >= 4 is 22.3 Å². The number of hydrogen-bond donors (Lipinski definition) is 0. The van der Waals surface area contributed by atoms with Gasteiger partial charge in [-0.3, -0.25) is 4.79 Å². The van der Waals surface area contributed by atoms with Crippen LogP contribution < -0.4 is 4.90 Å². The Morgan fingerprint density at radius 3 is 2.48 bits per heavy atom. The Bertz CT molecular complexity index is 500. The number of ketones is 1. The van der Waals surface area contributed by atoms with Crippen molar-refractivity contribution < 1.29 is 4.79 Å². The average Bonchev–Trinajstić information content (AvgIpc) is 3.09. The van der Waals surface area contributed by atoms with Crippen molar-refractivity contribution in [3.05, 3.63) is 10.6 Å². The Morgan fingerprint density at radius 1 is 1.24 bits per heavy atom. The minimum absolute atomic E-state index is 0.139. The second kappa shape index (κ2) is 6.44. The van der Waals surface area contributed by atoms with Gasteiger partial charge in [-0.15, -0.1) is 0 Å². The first-order valence-corrected chi connectivity index (χ1v) is 8.91. The smallest absolute Gasteiger partial charge is 0.186 e. The van der Waals surface area contributed by atoms with E-state index in [4.69, 9.17) is 0 Å². The maximum atomic E-state index is 11.6. The number of Topliss-reactive ketones (excluding diaryl/α,β-unsaturated/α-hetero) is 1. The SMILES string of the molecule is CC(=O)c1sc(N2CCC(CN3CCCC3)CC2)nc1C. The third-order valence-electron chi connectivity index (χ3n) is 4.71. The zero-order chi connectivity index (χ0) is 14.8. The van der Waals surface area contributed by atoms with Gasteiger partial charge in [0, 0.05) is 26.6 Å². The first-order chi connectivity index (χ1) is 10.1. The fourth-order valence-electron chi connectivity index (χ4n) is 3.48. The third kappa shape index (κ3) is 3.46. The lowest BCUT2D eigenvalue weighted by atomic mass is 9.96. The van der Waals surface area contributed by atoms with E-state index in [1.54, 1.807) is 18.3 Å². The molecule has 4 nitrogen and oxygen atoms in total. The summed E-state index contributed by atoms with van der Waals surface area (Å²) in [6, 6.07) is 0. The largest absolute Gasteiger partial charge is 0.348 e. The Labute approximate surface area is 131 Å². The zero-order valence-electron chi connectivity index (χ0n) is 13.1. The van der Waals surface area contributed by atoms with E-state index in [1.807, 2.05) is 6.92 Å². The van der Waals surface area contributed by atoms with Gasteiger partial charge in [-0.1, -0.05) is 11.3 Å². The Morgan fingerprint density at radius 2 is 1.90 bits per heavy atom. The zero-order valence-corrected chi connectivity index (χ0v) is 13.9. The van der Waals surface area contributed by atoms with Gasteiger partial charge in [0.2, 0.25) is 0 Å². The molecule has 0 spiro atoms. The lowest BCUT2D eigenvalue weighted by molar-refractivity contribution is 0.102. The Hall–Kier alpha value is -0.940. The van der Waals surface area contributed by atoms with Gasteiger partial charge in [-0.2, -0.15) is 0 Å². The van der Waals surface area contributed by atoms with Crippen LogP contribution in [0.15, 0.2) is 0 Å². The normalized spacial score (nSPS) is 21.1. The van der Waals surface area contributed by atoms with Gasteiger partial charge in [0.05, 0.1) is 10.6 Å². The van der Waals surface area contributed by atoms with E-state index in [9.17, 15) is 4.79 Å². The summed E-state index contributed by atoms with van der Waals surface area (Å²) in [5.74, 6) is 0.979. The molecule has 116 valence electrons. The number of hydrogen-bond acceptors (Lipinski definition) is 5. The molecule has 0 N–H and O–H groups in total. The number of aromatic nitrogens is 1. The molecular formula is C16H25N3OS. The van der Waals surface area contributed by atoms with Gasteiger partial charge in [-0.25, -0.2) is 4.98 Å². The van der Waals surface area contributed by atoms with Gasteiger partial charge >= 0.3 is 0 Å². The van der Waals surface area contributed by atoms with Gasteiger partial charge in [0.1, 0.15) is 0 Å². The van der Waals surface area contributed by atoms with E-state index in [0.29, 0.717) is 0 Å². The standard InChI is InChI=1S/C16H25N3OS/c1-12-15(13(2)20)21-16(17-12)19-9-5-14(6-10-19)11-18-7-3-4-8-18/h14H,3-11H2,1-2H3. The van der Waals surface area contributed by atoms with E-state index in [1.165, 1.54) is 45.3 Å². The van der Waals surface area contributed by atoms with Crippen LogP contribution in [0.4, 0.5) is 5.13 Å². The predicted octanol–water partition coefficient (Wildman–Crippen LogP) is 2.97. The highest BCUT2D eigenvalue weighted by atomic mass is 32.1. The van der Waals surface area contributed by atoms with Gasteiger partial charge in [-0.05, 0) is 51.6 Å². The molecule has 0 aromatic carbocycles. The summed E-state index contributed by atoms with van der Waals surface area (Å²) in [4.78, 5) is 22.0. The highest BCUT2D eigenvalue weighted by molar-refractivity contribution is 7.17. The van der Waals surface area contributed by atoms with Crippen LogP contribution in [0.5, 0.6) is 0 Å². The number of piperidine rings is 1. The summed E-state index contributed by atoms with van der Waals surface area (Å²) in [6.45, 7) is 9.63. The molecule has 3 rings (SSSR count). The average molecular weight is 307 g/mol. The molecule has 1 aromatic rings. The molecule has 2 aliphatic rings. The van der Waals surface area contributed by atoms with Crippen LogP contribution in [0, 0.1) is 12.8 Å². The van der Waals surface area contributed by atoms with Gasteiger partial charge in [0.25, 0.3) is 0 Å². The Balaban J connectivity index is 1.55. The van der Waals surface area contributed by atoms with Crippen molar-refractivity contribution in [3.63, 3.8) is 0 Å². The van der Waals surface area contributed by atoms with Crippen LogP contribution in [0.3, 0.4) is 0 Å². The lowest BCUT2D eigenvalue weighted by Gasteiger charge is -2.33. The highest BCUT2D eigenvalue weighted by Crippen LogP contribution is 2.30. The molecule has 3 heterocycles. The topological polar surface area (TPSA) is 36.4 Å². The molecule has 2 saturated heterocycles. The Kier molecular flexibility index (Phi) is 4.60. The summed E-state index contributed by atoms with van der Waals surface area (Å²) in [6.07, 6.45) is 5.27. The van der Waals surface area contributed by atoms with Crippen LogP contribution in [0.2, 0.25) is 0 Å². The fourth-order valence-corrected chi connectivity index (χ4v) is 4.50. The minimum atomic E-state index is 0.139. The van der Waals surface area contributed by atoms with Crippen LogP contribution in [0.1, 0.15) is 48.0 Å². The number of thiazole rings is 1. The third-order valence-corrected chi connectivity index (χ3v) is 6.02. The molecule has 5 heteroatoms. The molecule has 2 fully saturated rings. The summed E-state index contributed by atoms with van der Waals surface area (Å²) in [7, 11) is 0. The van der Waals surface area contributed by atoms with E-state index >= 15 is 0 Å². The molecule has 0 amide bonds. The molecule has 0 radical (unpaired) electrons. The van der Waals surface area contributed by atoms with Crippen molar-refractivity contribution in [2.45, 2.75) is 39.5 Å². The summed E-state index contributed by atoms with van der Waals surface area (Å²) >= 11 is 1.56. The molecule has 0 bridgehead atoms. The monoisotopic (exact) mass is 307 g/mol. The summed E-state index contributed by atoms with van der Waals surface area (Å²) in [5, 5.41) is 1.04. The molecule has 2 aliphatic heterocycles. The van der Waals surface area contributed by atoms with E-state index in [0.717, 1.165) is 34.7 Å². The number of anilines is 1. The summed E-state index contributed by atoms with van der Waals surface area (Å²) in [5.41, 5.74) is 0.890. The maximum absolute atomic E-state index is 11.6. The fraction of sp³-hybridized carbons (Fsp3) is 0.750. The van der Waals surface area contributed by atoms with E-state index in [2.05, 4.69) is 14.8 Å². The molecule has 0 atom stereocenters. The van der Waals surface area contributed by atoms with Crippen molar-refractivity contribution in [1.29, 1.82) is 0 Å². The van der Waals surface area contributed by atoms with Crippen LogP contribution >= 0.6 is 11.3 Å². The van der Waals surface area contributed by atoms with Crippen LogP contribution in [0.25, 0.3) is 0 Å². The molecule has 21 heavy (non-hydrogen) atoms. The molecule has 0 saturated carbocycles.